The normalized spacial score (nSPS) is 11.0. The van der Waals surface area contributed by atoms with Gasteiger partial charge in [-0.25, -0.2) is 13.4 Å². The van der Waals surface area contributed by atoms with Crippen LogP contribution in [0.15, 0.2) is 60.0 Å². The van der Waals surface area contributed by atoms with Gasteiger partial charge < -0.3 is 10.6 Å². The van der Waals surface area contributed by atoms with E-state index in [1.54, 1.807) is 43.0 Å². The first kappa shape index (κ1) is 18.5. The number of hydrogen-bond donors (Lipinski definition) is 2. The molecule has 0 radical (unpaired) electrons. The second-order valence-electron chi connectivity index (χ2n) is 5.81. The summed E-state index contributed by atoms with van der Waals surface area (Å²) in [5.74, 6) is 0.108. The molecule has 1 aromatic carbocycles. The number of amides is 1. The van der Waals surface area contributed by atoms with Crippen molar-refractivity contribution in [1.82, 2.24) is 15.0 Å². The molecule has 0 spiro atoms. The zero-order valence-corrected chi connectivity index (χ0v) is 15.5. The van der Waals surface area contributed by atoms with E-state index in [9.17, 15) is 13.2 Å². The first-order valence-electron chi connectivity index (χ1n) is 7.94. The van der Waals surface area contributed by atoms with Crippen LogP contribution in [-0.2, 0) is 14.6 Å². The molecule has 9 heteroatoms. The molecule has 3 rings (SSSR count). The van der Waals surface area contributed by atoms with Crippen molar-refractivity contribution in [1.29, 1.82) is 0 Å². The highest BCUT2D eigenvalue weighted by Crippen LogP contribution is 2.30. The maximum Gasteiger partial charge on any atom is 0.222 e. The Morgan fingerprint density at radius 3 is 2.56 bits per heavy atom. The van der Waals surface area contributed by atoms with Crippen molar-refractivity contribution in [2.24, 2.45) is 0 Å². The van der Waals surface area contributed by atoms with Crippen LogP contribution in [0.25, 0.3) is 11.3 Å². The number of sulfone groups is 1. The van der Waals surface area contributed by atoms with Gasteiger partial charge in [0.1, 0.15) is 5.82 Å². The Morgan fingerprint density at radius 1 is 1.07 bits per heavy atom. The van der Waals surface area contributed by atoms with Gasteiger partial charge in [0.2, 0.25) is 5.91 Å². The Labute approximate surface area is 156 Å². The van der Waals surface area contributed by atoms with E-state index >= 15 is 0 Å². The summed E-state index contributed by atoms with van der Waals surface area (Å²) in [5, 5.41) is 5.80. The maximum atomic E-state index is 11.8. The van der Waals surface area contributed by atoms with Crippen LogP contribution in [0.2, 0.25) is 0 Å². The van der Waals surface area contributed by atoms with Crippen molar-refractivity contribution in [2.45, 2.75) is 11.8 Å². The smallest absolute Gasteiger partial charge is 0.222 e. The standard InChI is InChI=1S/C18H17N5O3S/c1-12(24)22-18-9-16(15(10-21-18)17-11-19-6-7-20-17)23-13-4-3-5-14(8-13)27(2,25)26/h3-11H,1-2H3,(H2,21,22,23,24). The van der Waals surface area contributed by atoms with Crippen molar-refractivity contribution < 1.29 is 13.2 Å². The lowest BCUT2D eigenvalue weighted by Crippen LogP contribution is -2.08. The second kappa shape index (κ2) is 7.50. The number of pyridine rings is 1. The van der Waals surface area contributed by atoms with Crippen molar-refractivity contribution >= 4 is 32.9 Å². The van der Waals surface area contributed by atoms with E-state index in [4.69, 9.17) is 0 Å². The zero-order valence-electron chi connectivity index (χ0n) is 14.7. The summed E-state index contributed by atoms with van der Waals surface area (Å²) in [5.41, 5.74) is 2.41. The molecule has 2 heterocycles. The predicted molar refractivity (Wildman–Crippen MR) is 102 cm³/mol. The van der Waals surface area contributed by atoms with E-state index in [-0.39, 0.29) is 10.8 Å². The first-order chi connectivity index (χ1) is 12.8. The fourth-order valence-electron chi connectivity index (χ4n) is 2.41. The molecule has 0 unspecified atom stereocenters. The highest BCUT2D eigenvalue weighted by molar-refractivity contribution is 7.90. The number of carbonyl (C=O) groups excluding carboxylic acids is 1. The Hall–Kier alpha value is -3.33. The molecule has 0 aliphatic heterocycles. The van der Waals surface area contributed by atoms with Gasteiger partial charge in [0.25, 0.3) is 0 Å². The third kappa shape index (κ3) is 4.64. The highest BCUT2D eigenvalue weighted by atomic mass is 32.2. The van der Waals surface area contributed by atoms with Gasteiger partial charge in [-0.2, -0.15) is 0 Å². The Bertz CT molecular complexity index is 1090. The molecule has 0 aliphatic rings. The molecule has 3 aromatic rings. The second-order valence-corrected chi connectivity index (χ2v) is 7.83. The van der Waals surface area contributed by atoms with E-state index in [0.717, 1.165) is 6.26 Å². The molecule has 2 N–H and O–H groups in total. The molecular formula is C18H17N5O3S. The fourth-order valence-corrected chi connectivity index (χ4v) is 3.08. The lowest BCUT2D eigenvalue weighted by Gasteiger charge is -2.14. The molecule has 1 amide bonds. The molecule has 0 atom stereocenters. The SMILES string of the molecule is CC(=O)Nc1cc(Nc2cccc(S(C)(=O)=O)c2)c(-c2cnccn2)cn1. The molecular weight excluding hydrogens is 366 g/mol. The lowest BCUT2D eigenvalue weighted by atomic mass is 10.1. The van der Waals surface area contributed by atoms with Crippen LogP contribution in [0.1, 0.15) is 6.92 Å². The van der Waals surface area contributed by atoms with Crippen LogP contribution in [-0.4, -0.2) is 35.5 Å². The number of aromatic nitrogens is 3. The largest absolute Gasteiger partial charge is 0.355 e. The van der Waals surface area contributed by atoms with Gasteiger partial charge in [0.05, 0.1) is 22.5 Å². The molecule has 138 valence electrons. The molecule has 2 aromatic heterocycles. The highest BCUT2D eigenvalue weighted by Gasteiger charge is 2.12. The van der Waals surface area contributed by atoms with Gasteiger partial charge in [-0.3, -0.25) is 14.8 Å². The Balaban J connectivity index is 2.05. The van der Waals surface area contributed by atoms with Crippen LogP contribution in [0.4, 0.5) is 17.2 Å². The number of benzene rings is 1. The number of anilines is 3. The van der Waals surface area contributed by atoms with Crippen molar-refractivity contribution in [3.05, 3.63) is 55.1 Å². The van der Waals surface area contributed by atoms with Crippen molar-refractivity contribution in [3.8, 4) is 11.3 Å². The molecule has 0 fully saturated rings. The van der Waals surface area contributed by atoms with Gasteiger partial charge in [-0.05, 0) is 18.2 Å². The number of nitrogens with one attached hydrogen (secondary N) is 2. The molecule has 8 nitrogen and oxygen atoms in total. The number of hydrogen-bond acceptors (Lipinski definition) is 7. The summed E-state index contributed by atoms with van der Waals surface area (Å²) < 4.78 is 23.6. The number of rotatable bonds is 5. The van der Waals surface area contributed by atoms with Crippen molar-refractivity contribution in [2.75, 3.05) is 16.9 Å². The molecule has 0 saturated heterocycles. The number of carbonyl (C=O) groups is 1. The maximum absolute atomic E-state index is 11.8. The summed E-state index contributed by atoms with van der Waals surface area (Å²) in [6, 6.07) is 8.11. The summed E-state index contributed by atoms with van der Waals surface area (Å²) in [4.78, 5) is 24.1. The molecule has 0 aliphatic carbocycles. The lowest BCUT2D eigenvalue weighted by molar-refractivity contribution is -0.114. The zero-order chi connectivity index (χ0) is 19.4. The first-order valence-corrected chi connectivity index (χ1v) is 9.83. The van der Waals surface area contributed by atoms with Crippen molar-refractivity contribution in [3.63, 3.8) is 0 Å². The van der Waals surface area contributed by atoms with E-state index in [0.29, 0.717) is 28.5 Å². The quantitative estimate of drug-likeness (QED) is 0.696. The monoisotopic (exact) mass is 383 g/mol. The minimum Gasteiger partial charge on any atom is -0.355 e. The van der Waals surface area contributed by atoms with Crippen LogP contribution in [0, 0.1) is 0 Å². The fraction of sp³-hybridized carbons (Fsp3) is 0.111. The Kier molecular flexibility index (Phi) is 5.13. The van der Waals surface area contributed by atoms with E-state index in [2.05, 4.69) is 25.6 Å². The summed E-state index contributed by atoms with van der Waals surface area (Å²) >= 11 is 0. The minimum atomic E-state index is -3.34. The van der Waals surface area contributed by atoms with Gasteiger partial charge in [0, 0.05) is 49.1 Å². The molecule has 27 heavy (non-hydrogen) atoms. The predicted octanol–water partition coefficient (Wildman–Crippen LogP) is 2.64. The van der Waals surface area contributed by atoms with Crippen LogP contribution in [0.5, 0.6) is 0 Å². The third-order valence-electron chi connectivity index (χ3n) is 3.59. The van der Waals surface area contributed by atoms with E-state index < -0.39 is 9.84 Å². The summed E-state index contributed by atoms with van der Waals surface area (Å²) in [7, 11) is -3.34. The van der Waals surface area contributed by atoms with Crippen LogP contribution >= 0.6 is 0 Å². The van der Waals surface area contributed by atoms with Gasteiger partial charge in [-0.1, -0.05) is 6.07 Å². The summed E-state index contributed by atoms with van der Waals surface area (Å²) in [6.07, 6.45) is 7.43. The molecule has 0 saturated carbocycles. The van der Waals surface area contributed by atoms with Crippen LogP contribution in [0.3, 0.4) is 0 Å². The minimum absolute atomic E-state index is 0.199. The van der Waals surface area contributed by atoms with Gasteiger partial charge in [-0.15, -0.1) is 0 Å². The van der Waals surface area contributed by atoms with E-state index in [1.807, 2.05) is 0 Å². The average molecular weight is 383 g/mol. The van der Waals surface area contributed by atoms with Gasteiger partial charge >= 0.3 is 0 Å². The molecule has 0 bridgehead atoms. The van der Waals surface area contributed by atoms with E-state index in [1.165, 1.54) is 19.1 Å². The Morgan fingerprint density at radius 2 is 1.89 bits per heavy atom. The third-order valence-corrected chi connectivity index (χ3v) is 4.70. The topological polar surface area (TPSA) is 114 Å². The number of nitrogens with zero attached hydrogens (tertiary/aromatic N) is 3. The summed E-state index contributed by atoms with van der Waals surface area (Å²) in [6.45, 7) is 1.39. The van der Waals surface area contributed by atoms with Gasteiger partial charge in [0.15, 0.2) is 9.84 Å². The average Bonchev–Trinajstić information content (AvgIpc) is 2.62. The van der Waals surface area contributed by atoms with Crippen LogP contribution < -0.4 is 10.6 Å².